The van der Waals surface area contributed by atoms with Crippen LogP contribution in [0.1, 0.15) is 15.9 Å². The number of hydrogen-bond donors (Lipinski definition) is 1. The van der Waals surface area contributed by atoms with Crippen molar-refractivity contribution in [1.82, 2.24) is 0 Å². The maximum absolute atomic E-state index is 13.5. The Morgan fingerprint density at radius 3 is 2.31 bits per heavy atom. The Morgan fingerprint density at radius 2 is 1.59 bits per heavy atom. The molecule has 0 bridgehead atoms. The summed E-state index contributed by atoms with van der Waals surface area (Å²) in [6.07, 6.45) is -0.925. The molecule has 5 nitrogen and oxygen atoms in total. The molecule has 0 aromatic heterocycles. The fraction of sp³-hybridized carbons (Fsp3) is 0.0909. The van der Waals surface area contributed by atoms with Gasteiger partial charge in [-0.15, -0.1) is 0 Å². The van der Waals surface area contributed by atoms with Gasteiger partial charge in [-0.25, -0.2) is 18.4 Å². The second kappa shape index (κ2) is 8.97. The molecule has 7 heteroatoms. The lowest BCUT2D eigenvalue weighted by molar-refractivity contribution is 0.0601. The largest absolute Gasteiger partial charge is 0.465 e. The lowest BCUT2D eigenvalue weighted by atomic mass is 10.0. The monoisotopic (exact) mass is 397 g/mol. The van der Waals surface area contributed by atoms with Crippen LogP contribution in [-0.2, 0) is 16.1 Å². The van der Waals surface area contributed by atoms with Gasteiger partial charge in [0.25, 0.3) is 0 Å². The first kappa shape index (κ1) is 20.0. The average molecular weight is 397 g/mol. The zero-order chi connectivity index (χ0) is 20.8. The van der Waals surface area contributed by atoms with Crippen molar-refractivity contribution in [2.75, 3.05) is 12.4 Å². The molecule has 0 saturated carbocycles. The van der Waals surface area contributed by atoms with E-state index in [1.807, 2.05) is 48.5 Å². The predicted octanol–water partition coefficient (Wildman–Crippen LogP) is 5.17. The summed E-state index contributed by atoms with van der Waals surface area (Å²) in [5, 5.41) is 2.24. The third-order valence-corrected chi connectivity index (χ3v) is 4.11. The van der Waals surface area contributed by atoms with Gasteiger partial charge in [0.2, 0.25) is 0 Å². The molecular formula is C22H17F2NO4. The molecule has 0 fully saturated rings. The van der Waals surface area contributed by atoms with E-state index >= 15 is 0 Å². The number of amides is 1. The molecule has 1 amide bonds. The number of methoxy groups -OCH3 is 1. The van der Waals surface area contributed by atoms with Crippen molar-refractivity contribution in [3.8, 4) is 11.1 Å². The second-order valence-electron chi connectivity index (χ2n) is 6.07. The maximum Gasteiger partial charge on any atom is 0.411 e. The highest BCUT2D eigenvalue weighted by molar-refractivity contribution is 5.99. The van der Waals surface area contributed by atoms with Crippen LogP contribution in [0.15, 0.2) is 66.7 Å². The zero-order valence-electron chi connectivity index (χ0n) is 15.4. The van der Waals surface area contributed by atoms with Gasteiger partial charge in [0.05, 0.1) is 18.4 Å². The minimum Gasteiger partial charge on any atom is -0.465 e. The Morgan fingerprint density at radius 1 is 0.897 bits per heavy atom. The van der Waals surface area contributed by atoms with Crippen molar-refractivity contribution < 1.29 is 27.8 Å². The zero-order valence-corrected chi connectivity index (χ0v) is 15.4. The Kier molecular flexibility index (Phi) is 6.19. The molecule has 1 N–H and O–H groups in total. The van der Waals surface area contributed by atoms with Crippen LogP contribution in [-0.4, -0.2) is 19.2 Å². The molecule has 0 radical (unpaired) electrons. The van der Waals surface area contributed by atoms with Crippen LogP contribution in [0.25, 0.3) is 11.1 Å². The van der Waals surface area contributed by atoms with E-state index in [1.54, 1.807) is 6.07 Å². The molecule has 0 spiro atoms. The number of ether oxygens (including phenoxy) is 2. The van der Waals surface area contributed by atoms with E-state index in [0.717, 1.165) is 23.8 Å². The average Bonchev–Trinajstić information content (AvgIpc) is 2.75. The molecule has 29 heavy (non-hydrogen) atoms. The standard InChI is InChI=1S/C22H17F2NO4/c1-28-21(26)17-11-18(23)19(24)12-20(17)25-22(27)29-13-14-6-5-9-16(10-14)15-7-3-2-4-8-15/h2-12H,13H2,1H3,(H,25,27). The first-order valence-corrected chi connectivity index (χ1v) is 8.63. The van der Waals surface area contributed by atoms with E-state index < -0.39 is 23.7 Å². The molecule has 3 rings (SSSR count). The first-order valence-electron chi connectivity index (χ1n) is 8.63. The molecule has 3 aromatic rings. The van der Waals surface area contributed by atoms with Gasteiger partial charge < -0.3 is 9.47 Å². The van der Waals surface area contributed by atoms with Crippen LogP contribution >= 0.6 is 0 Å². The van der Waals surface area contributed by atoms with Gasteiger partial charge in [-0.05, 0) is 28.8 Å². The Hall–Kier alpha value is -3.74. The van der Waals surface area contributed by atoms with Gasteiger partial charge in [0, 0.05) is 6.07 Å². The second-order valence-corrected chi connectivity index (χ2v) is 6.07. The van der Waals surface area contributed by atoms with Crippen LogP contribution in [0.4, 0.5) is 19.3 Å². The summed E-state index contributed by atoms with van der Waals surface area (Å²) in [6, 6.07) is 18.5. The van der Waals surface area contributed by atoms with E-state index in [0.29, 0.717) is 12.1 Å². The van der Waals surface area contributed by atoms with Crippen LogP contribution in [0.3, 0.4) is 0 Å². The first-order chi connectivity index (χ1) is 14.0. The minimum atomic E-state index is -1.23. The van der Waals surface area contributed by atoms with E-state index in [9.17, 15) is 18.4 Å². The molecule has 148 valence electrons. The number of carbonyl (C=O) groups excluding carboxylic acids is 2. The molecule has 0 unspecified atom stereocenters. The van der Waals surface area contributed by atoms with E-state index in [2.05, 4.69) is 10.1 Å². The molecule has 0 heterocycles. The van der Waals surface area contributed by atoms with E-state index in [-0.39, 0.29) is 17.9 Å². The summed E-state index contributed by atoms with van der Waals surface area (Å²) in [7, 11) is 1.09. The summed E-state index contributed by atoms with van der Waals surface area (Å²) < 4.78 is 36.6. The van der Waals surface area contributed by atoms with Crippen molar-refractivity contribution in [2.24, 2.45) is 0 Å². The van der Waals surface area contributed by atoms with Crippen LogP contribution in [0, 0.1) is 11.6 Å². The van der Waals surface area contributed by atoms with Crippen LogP contribution in [0.5, 0.6) is 0 Å². The fourth-order valence-corrected chi connectivity index (χ4v) is 2.70. The van der Waals surface area contributed by atoms with E-state index in [1.165, 1.54) is 0 Å². The predicted molar refractivity (Wildman–Crippen MR) is 103 cm³/mol. The summed E-state index contributed by atoms with van der Waals surface area (Å²) in [6.45, 7) is -0.0518. The third kappa shape index (κ3) is 4.95. The van der Waals surface area contributed by atoms with Gasteiger partial charge in [-0.3, -0.25) is 5.32 Å². The van der Waals surface area contributed by atoms with Crippen molar-refractivity contribution in [3.05, 3.63) is 89.5 Å². The summed E-state index contributed by atoms with van der Waals surface area (Å²) in [5.74, 6) is -3.37. The van der Waals surface area contributed by atoms with Crippen LogP contribution < -0.4 is 5.32 Å². The normalized spacial score (nSPS) is 10.3. The Labute approximate surface area is 165 Å². The lowest BCUT2D eigenvalue weighted by Gasteiger charge is -2.11. The quantitative estimate of drug-likeness (QED) is 0.604. The fourth-order valence-electron chi connectivity index (χ4n) is 2.70. The molecular weight excluding hydrogens is 380 g/mol. The summed E-state index contributed by atoms with van der Waals surface area (Å²) in [5.41, 5.74) is 2.14. The van der Waals surface area contributed by atoms with Crippen molar-refractivity contribution in [1.29, 1.82) is 0 Å². The third-order valence-electron chi connectivity index (χ3n) is 4.11. The van der Waals surface area contributed by atoms with Crippen molar-refractivity contribution in [3.63, 3.8) is 0 Å². The number of benzene rings is 3. The number of hydrogen-bond acceptors (Lipinski definition) is 4. The highest BCUT2D eigenvalue weighted by Crippen LogP contribution is 2.22. The van der Waals surface area contributed by atoms with Gasteiger partial charge in [-0.2, -0.15) is 0 Å². The number of rotatable bonds is 5. The van der Waals surface area contributed by atoms with Gasteiger partial charge in [-0.1, -0.05) is 48.5 Å². The van der Waals surface area contributed by atoms with E-state index in [4.69, 9.17) is 4.74 Å². The maximum atomic E-state index is 13.5. The molecule has 3 aromatic carbocycles. The smallest absolute Gasteiger partial charge is 0.411 e. The topological polar surface area (TPSA) is 64.6 Å². The number of carbonyl (C=O) groups is 2. The Bertz CT molecular complexity index is 1040. The molecule has 0 aliphatic heterocycles. The summed E-state index contributed by atoms with van der Waals surface area (Å²) >= 11 is 0. The molecule has 0 saturated heterocycles. The highest BCUT2D eigenvalue weighted by Gasteiger charge is 2.18. The SMILES string of the molecule is COC(=O)c1cc(F)c(F)cc1NC(=O)OCc1cccc(-c2ccccc2)c1. The highest BCUT2D eigenvalue weighted by atomic mass is 19.2. The van der Waals surface area contributed by atoms with Gasteiger partial charge in [0.1, 0.15) is 6.61 Å². The van der Waals surface area contributed by atoms with Gasteiger partial charge in [0.15, 0.2) is 11.6 Å². The van der Waals surface area contributed by atoms with Crippen LogP contribution in [0.2, 0.25) is 0 Å². The molecule has 0 aliphatic carbocycles. The summed E-state index contributed by atoms with van der Waals surface area (Å²) in [4.78, 5) is 23.8. The number of nitrogens with one attached hydrogen (secondary N) is 1. The van der Waals surface area contributed by atoms with Gasteiger partial charge >= 0.3 is 12.1 Å². The van der Waals surface area contributed by atoms with Crippen molar-refractivity contribution >= 4 is 17.7 Å². The molecule has 0 aliphatic rings. The molecule has 0 atom stereocenters. The number of halogens is 2. The number of esters is 1. The van der Waals surface area contributed by atoms with Crippen molar-refractivity contribution in [2.45, 2.75) is 6.61 Å². The number of anilines is 1. The minimum absolute atomic E-state index is 0.0518. The lowest BCUT2D eigenvalue weighted by Crippen LogP contribution is -2.17. The Balaban J connectivity index is 1.70.